The molecule has 3 aromatic heterocycles. The lowest BCUT2D eigenvalue weighted by Crippen LogP contribution is -2.41. The van der Waals surface area contributed by atoms with Crippen LogP contribution in [0, 0.1) is 12.8 Å². The lowest BCUT2D eigenvalue weighted by atomic mass is 9.97. The molecule has 5 nitrogen and oxygen atoms in total. The van der Waals surface area contributed by atoms with Gasteiger partial charge in [0.25, 0.3) is 5.91 Å². The number of carbonyl (C=O) groups is 1. The molecule has 1 atom stereocenters. The molecule has 7 heteroatoms. The fraction of sp³-hybridized carbons (Fsp3) is 0.409. The maximum atomic E-state index is 12.9. The fourth-order valence-corrected chi connectivity index (χ4v) is 5.53. The highest BCUT2D eigenvalue weighted by Crippen LogP contribution is 2.30. The van der Waals surface area contributed by atoms with E-state index in [1.54, 1.807) is 17.5 Å². The molecule has 4 rings (SSSR count). The molecule has 0 saturated carbocycles. The number of hydrogen-bond donors (Lipinski definition) is 1. The van der Waals surface area contributed by atoms with E-state index in [0.29, 0.717) is 11.4 Å². The topological polar surface area (TPSA) is 58.1 Å². The Hall–Kier alpha value is -2.09. The third-order valence-corrected chi connectivity index (χ3v) is 7.63. The summed E-state index contributed by atoms with van der Waals surface area (Å²) in [4.78, 5) is 26.4. The van der Waals surface area contributed by atoms with E-state index in [1.807, 2.05) is 25.1 Å². The monoisotopic (exact) mass is 426 g/mol. The van der Waals surface area contributed by atoms with Gasteiger partial charge in [-0.25, -0.2) is 4.98 Å². The second-order valence-electron chi connectivity index (χ2n) is 7.61. The van der Waals surface area contributed by atoms with Gasteiger partial charge in [-0.15, -0.1) is 22.7 Å². The van der Waals surface area contributed by atoms with Crippen LogP contribution in [0.25, 0.3) is 10.7 Å². The van der Waals surface area contributed by atoms with Crippen LogP contribution in [0.2, 0.25) is 0 Å². The van der Waals surface area contributed by atoms with Crippen molar-refractivity contribution in [1.82, 2.24) is 20.2 Å². The second kappa shape index (κ2) is 9.15. The molecule has 1 N–H and O–H groups in total. The molecule has 29 heavy (non-hydrogen) atoms. The van der Waals surface area contributed by atoms with E-state index in [2.05, 4.69) is 44.6 Å². The molecule has 0 aliphatic carbocycles. The van der Waals surface area contributed by atoms with Gasteiger partial charge in [0.2, 0.25) is 0 Å². The SMILES string of the molecule is Cc1nc(-c2ccccn2)sc1C(=O)NC[C@H](c1cccs1)N1CCC(C)CC1. The molecule has 1 saturated heterocycles. The molecule has 0 bridgehead atoms. The molecule has 1 amide bonds. The number of likely N-dealkylation sites (tertiary alicyclic amines) is 1. The van der Waals surface area contributed by atoms with Crippen LogP contribution in [-0.2, 0) is 0 Å². The molecule has 3 aromatic rings. The molecule has 0 unspecified atom stereocenters. The standard InChI is InChI=1S/C22H26N4OS2/c1-15-8-11-26(12-9-15)18(19-7-5-13-28-19)14-24-21(27)20-16(2)25-22(29-20)17-6-3-4-10-23-17/h3-7,10,13,15,18H,8-9,11-12,14H2,1-2H3,(H,24,27)/t18-/m1/s1. The van der Waals surface area contributed by atoms with Gasteiger partial charge in [-0.1, -0.05) is 19.1 Å². The number of pyridine rings is 1. The van der Waals surface area contributed by atoms with Crippen LogP contribution >= 0.6 is 22.7 Å². The van der Waals surface area contributed by atoms with Crippen molar-refractivity contribution in [2.45, 2.75) is 32.7 Å². The Bertz CT molecular complexity index is 931. The van der Waals surface area contributed by atoms with E-state index in [9.17, 15) is 4.79 Å². The molecular formula is C22H26N4OS2. The van der Waals surface area contributed by atoms with Gasteiger partial charge >= 0.3 is 0 Å². The van der Waals surface area contributed by atoms with Gasteiger partial charge in [0.05, 0.1) is 17.4 Å². The van der Waals surface area contributed by atoms with Gasteiger partial charge in [0.15, 0.2) is 0 Å². The molecule has 0 radical (unpaired) electrons. The highest BCUT2D eigenvalue weighted by molar-refractivity contribution is 7.17. The van der Waals surface area contributed by atoms with Crippen LogP contribution in [0.1, 0.15) is 46.0 Å². The van der Waals surface area contributed by atoms with Crippen LogP contribution in [0.15, 0.2) is 41.9 Å². The smallest absolute Gasteiger partial charge is 0.263 e. The van der Waals surface area contributed by atoms with Gasteiger partial charge < -0.3 is 5.32 Å². The molecule has 0 spiro atoms. The largest absolute Gasteiger partial charge is 0.349 e. The van der Waals surface area contributed by atoms with Crippen molar-refractivity contribution in [2.24, 2.45) is 5.92 Å². The summed E-state index contributed by atoms with van der Waals surface area (Å²) in [7, 11) is 0. The molecule has 1 aliphatic heterocycles. The van der Waals surface area contributed by atoms with E-state index < -0.39 is 0 Å². The number of piperidine rings is 1. The molecule has 1 fully saturated rings. The van der Waals surface area contributed by atoms with E-state index in [4.69, 9.17) is 0 Å². The number of thiophene rings is 1. The summed E-state index contributed by atoms with van der Waals surface area (Å²) in [5.74, 6) is 0.740. The Morgan fingerprint density at radius 1 is 1.28 bits per heavy atom. The van der Waals surface area contributed by atoms with E-state index in [1.165, 1.54) is 29.1 Å². The second-order valence-corrected chi connectivity index (χ2v) is 9.59. The van der Waals surface area contributed by atoms with Crippen LogP contribution in [-0.4, -0.2) is 40.4 Å². The lowest BCUT2D eigenvalue weighted by Gasteiger charge is -2.36. The number of rotatable bonds is 6. The first-order valence-corrected chi connectivity index (χ1v) is 11.8. The number of aryl methyl sites for hydroxylation is 1. The summed E-state index contributed by atoms with van der Waals surface area (Å²) in [6, 6.07) is 10.2. The molecule has 1 aliphatic rings. The summed E-state index contributed by atoms with van der Waals surface area (Å²) in [6.07, 6.45) is 4.19. The first-order chi connectivity index (χ1) is 14.1. The molecule has 0 aromatic carbocycles. The average molecular weight is 427 g/mol. The zero-order valence-corrected chi connectivity index (χ0v) is 18.4. The van der Waals surface area contributed by atoms with Crippen LogP contribution in [0.4, 0.5) is 0 Å². The predicted molar refractivity (Wildman–Crippen MR) is 119 cm³/mol. The summed E-state index contributed by atoms with van der Waals surface area (Å²) >= 11 is 3.18. The van der Waals surface area contributed by atoms with E-state index in [-0.39, 0.29) is 11.9 Å². The highest BCUT2D eigenvalue weighted by atomic mass is 32.1. The molecule has 152 valence electrons. The first kappa shape index (κ1) is 20.2. The Balaban J connectivity index is 1.46. The Labute approximate surface area is 179 Å². The average Bonchev–Trinajstić information content (AvgIpc) is 3.40. The van der Waals surface area contributed by atoms with Crippen molar-refractivity contribution >= 4 is 28.6 Å². The number of hydrogen-bond acceptors (Lipinski definition) is 6. The lowest BCUT2D eigenvalue weighted by molar-refractivity contribution is 0.0918. The van der Waals surface area contributed by atoms with Gasteiger partial charge in [-0.2, -0.15) is 0 Å². The van der Waals surface area contributed by atoms with Gasteiger partial charge in [-0.3, -0.25) is 14.7 Å². The third-order valence-electron chi connectivity index (χ3n) is 5.47. The number of aromatic nitrogens is 2. The van der Waals surface area contributed by atoms with E-state index >= 15 is 0 Å². The van der Waals surface area contributed by atoms with Gasteiger partial charge in [0, 0.05) is 17.6 Å². The third kappa shape index (κ3) is 4.74. The van der Waals surface area contributed by atoms with Crippen molar-refractivity contribution in [3.05, 3.63) is 57.4 Å². The Morgan fingerprint density at radius 3 is 2.79 bits per heavy atom. The summed E-state index contributed by atoms with van der Waals surface area (Å²) in [6.45, 7) is 7.00. The predicted octanol–water partition coefficient (Wildman–Crippen LogP) is 4.78. The van der Waals surface area contributed by atoms with Crippen LogP contribution in [0.3, 0.4) is 0 Å². The Morgan fingerprint density at radius 2 is 2.10 bits per heavy atom. The minimum Gasteiger partial charge on any atom is -0.349 e. The van der Waals surface area contributed by atoms with Crippen LogP contribution in [0.5, 0.6) is 0 Å². The normalized spacial score (nSPS) is 16.6. The summed E-state index contributed by atoms with van der Waals surface area (Å²) in [5, 5.41) is 6.08. The fourth-order valence-electron chi connectivity index (χ4n) is 3.71. The number of nitrogens with one attached hydrogen (secondary N) is 1. The zero-order valence-electron chi connectivity index (χ0n) is 16.8. The summed E-state index contributed by atoms with van der Waals surface area (Å²) < 4.78 is 0. The quantitative estimate of drug-likeness (QED) is 0.616. The Kier molecular flexibility index (Phi) is 6.37. The van der Waals surface area contributed by atoms with Crippen molar-refractivity contribution in [1.29, 1.82) is 0 Å². The van der Waals surface area contributed by atoms with Crippen molar-refractivity contribution < 1.29 is 4.79 Å². The van der Waals surface area contributed by atoms with Crippen molar-refractivity contribution in [2.75, 3.05) is 19.6 Å². The van der Waals surface area contributed by atoms with Crippen molar-refractivity contribution in [3.8, 4) is 10.7 Å². The van der Waals surface area contributed by atoms with Crippen molar-refractivity contribution in [3.63, 3.8) is 0 Å². The summed E-state index contributed by atoms with van der Waals surface area (Å²) in [5.41, 5.74) is 1.56. The number of nitrogens with zero attached hydrogens (tertiary/aromatic N) is 3. The number of thiazole rings is 1. The highest BCUT2D eigenvalue weighted by Gasteiger charge is 2.26. The number of carbonyl (C=O) groups excluding carboxylic acids is 1. The number of amides is 1. The van der Waals surface area contributed by atoms with E-state index in [0.717, 1.165) is 35.4 Å². The maximum Gasteiger partial charge on any atom is 0.263 e. The zero-order chi connectivity index (χ0) is 20.2. The molecule has 4 heterocycles. The van der Waals surface area contributed by atoms with Crippen LogP contribution < -0.4 is 5.32 Å². The molecular weight excluding hydrogens is 400 g/mol. The minimum atomic E-state index is -0.0471. The minimum absolute atomic E-state index is 0.0471. The first-order valence-electron chi connectivity index (χ1n) is 10.1. The van der Waals surface area contributed by atoms with Gasteiger partial charge in [-0.05, 0) is 62.4 Å². The maximum absolute atomic E-state index is 12.9. The van der Waals surface area contributed by atoms with Gasteiger partial charge in [0.1, 0.15) is 9.88 Å².